The summed E-state index contributed by atoms with van der Waals surface area (Å²) < 4.78 is 5.34. The maximum absolute atomic E-state index is 12.2. The van der Waals surface area contributed by atoms with Crippen molar-refractivity contribution in [3.63, 3.8) is 0 Å². The summed E-state index contributed by atoms with van der Waals surface area (Å²) in [6, 6.07) is 5.16. The van der Waals surface area contributed by atoms with Crippen LogP contribution in [0.5, 0.6) is 0 Å². The number of urea groups is 1. The Labute approximate surface area is 144 Å². The van der Waals surface area contributed by atoms with Crippen molar-refractivity contribution in [1.29, 1.82) is 0 Å². The summed E-state index contributed by atoms with van der Waals surface area (Å²) in [6.45, 7) is 5.44. The SMILES string of the molecule is Cc1cc(C(=O)OCCc2scnc2C)ccc1N1CCNC1=O. The zero-order valence-corrected chi connectivity index (χ0v) is 14.5. The number of hydrogen-bond donors (Lipinski definition) is 1. The molecule has 1 aromatic heterocycles. The number of benzene rings is 1. The summed E-state index contributed by atoms with van der Waals surface area (Å²) >= 11 is 1.57. The lowest BCUT2D eigenvalue weighted by molar-refractivity contribution is 0.0509. The summed E-state index contributed by atoms with van der Waals surface area (Å²) in [4.78, 5) is 30.9. The van der Waals surface area contributed by atoms with E-state index in [0.717, 1.165) is 21.8 Å². The molecular weight excluding hydrogens is 326 g/mol. The van der Waals surface area contributed by atoms with Gasteiger partial charge in [0.2, 0.25) is 0 Å². The summed E-state index contributed by atoms with van der Waals surface area (Å²) in [6.07, 6.45) is 0.674. The highest BCUT2D eigenvalue weighted by Crippen LogP contribution is 2.23. The van der Waals surface area contributed by atoms with Crippen molar-refractivity contribution in [3.8, 4) is 0 Å². The van der Waals surface area contributed by atoms with Crippen LogP contribution in [-0.2, 0) is 11.2 Å². The van der Waals surface area contributed by atoms with Gasteiger partial charge in [0.1, 0.15) is 0 Å². The van der Waals surface area contributed by atoms with Crippen LogP contribution < -0.4 is 10.2 Å². The molecule has 6 nitrogen and oxygen atoms in total. The fourth-order valence-corrected chi connectivity index (χ4v) is 3.44. The molecular formula is C17H19N3O3S. The van der Waals surface area contributed by atoms with Crippen LogP contribution in [0.1, 0.15) is 26.5 Å². The molecule has 0 saturated carbocycles. The Hall–Kier alpha value is -2.41. The Morgan fingerprint density at radius 3 is 2.88 bits per heavy atom. The van der Waals surface area contributed by atoms with E-state index in [4.69, 9.17) is 4.74 Å². The monoisotopic (exact) mass is 345 g/mol. The number of aromatic nitrogens is 1. The molecule has 126 valence electrons. The molecule has 7 heteroatoms. The number of nitrogens with zero attached hydrogens (tertiary/aromatic N) is 2. The van der Waals surface area contributed by atoms with Crippen molar-refractivity contribution in [2.45, 2.75) is 20.3 Å². The molecule has 0 unspecified atom stereocenters. The van der Waals surface area contributed by atoms with Crippen molar-refractivity contribution in [2.75, 3.05) is 24.6 Å². The van der Waals surface area contributed by atoms with Crippen LogP contribution in [0.4, 0.5) is 10.5 Å². The predicted molar refractivity (Wildman–Crippen MR) is 92.8 cm³/mol. The highest BCUT2D eigenvalue weighted by molar-refractivity contribution is 7.09. The minimum absolute atomic E-state index is 0.103. The standard InChI is InChI=1S/C17H19N3O3S/c1-11-9-13(3-4-14(11)20-7-6-18-17(20)22)16(21)23-8-5-15-12(2)19-10-24-15/h3-4,9-10H,5-8H2,1-2H3,(H,18,22). The third-order valence-corrected chi connectivity index (χ3v) is 4.98. The highest BCUT2D eigenvalue weighted by atomic mass is 32.1. The summed E-state index contributed by atoms with van der Waals surface area (Å²) in [7, 11) is 0. The molecule has 0 aliphatic carbocycles. The molecule has 1 N–H and O–H groups in total. The molecule has 2 amide bonds. The van der Waals surface area contributed by atoms with Crippen LogP contribution in [0.2, 0.25) is 0 Å². The number of amides is 2. The highest BCUT2D eigenvalue weighted by Gasteiger charge is 2.23. The average Bonchev–Trinajstić information content (AvgIpc) is 3.16. The van der Waals surface area contributed by atoms with Crippen molar-refractivity contribution >= 4 is 29.0 Å². The van der Waals surface area contributed by atoms with Crippen LogP contribution in [0, 0.1) is 13.8 Å². The number of ether oxygens (including phenoxy) is 1. The Morgan fingerprint density at radius 1 is 1.42 bits per heavy atom. The van der Waals surface area contributed by atoms with E-state index in [-0.39, 0.29) is 12.0 Å². The number of carbonyl (C=O) groups is 2. The lowest BCUT2D eigenvalue weighted by atomic mass is 10.1. The van der Waals surface area contributed by atoms with Gasteiger partial charge in [-0.05, 0) is 37.6 Å². The molecule has 0 spiro atoms. The van der Waals surface area contributed by atoms with E-state index < -0.39 is 0 Å². The normalized spacial score (nSPS) is 13.9. The summed E-state index contributed by atoms with van der Waals surface area (Å²) in [5, 5.41) is 2.77. The Kier molecular flexibility index (Phi) is 4.80. The summed E-state index contributed by atoms with van der Waals surface area (Å²) in [5.74, 6) is -0.349. The molecule has 2 aromatic rings. The largest absolute Gasteiger partial charge is 0.462 e. The molecule has 3 rings (SSSR count). The van der Waals surface area contributed by atoms with Gasteiger partial charge in [0.15, 0.2) is 0 Å². The third kappa shape index (κ3) is 3.41. The maximum atomic E-state index is 12.2. The first-order valence-corrected chi connectivity index (χ1v) is 8.66. The Morgan fingerprint density at radius 2 is 2.25 bits per heavy atom. The number of esters is 1. The van der Waals surface area contributed by atoms with Gasteiger partial charge >= 0.3 is 12.0 Å². The first-order valence-electron chi connectivity index (χ1n) is 7.78. The van der Waals surface area contributed by atoms with E-state index in [1.54, 1.807) is 39.9 Å². The minimum atomic E-state index is -0.349. The lowest BCUT2D eigenvalue weighted by Crippen LogP contribution is -2.28. The zero-order valence-electron chi connectivity index (χ0n) is 13.7. The van der Waals surface area contributed by atoms with Gasteiger partial charge in [0.25, 0.3) is 0 Å². The molecule has 24 heavy (non-hydrogen) atoms. The van der Waals surface area contributed by atoms with Crippen LogP contribution in [0.3, 0.4) is 0 Å². The Balaban J connectivity index is 1.62. The number of thiazole rings is 1. The first kappa shape index (κ1) is 16.4. The summed E-state index contributed by atoms with van der Waals surface area (Å²) in [5.41, 5.74) is 4.97. The van der Waals surface area contributed by atoms with Gasteiger partial charge in [-0.15, -0.1) is 11.3 Å². The quantitative estimate of drug-likeness (QED) is 0.846. The molecule has 0 atom stereocenters. The molecule has 1 saturated heterocycles. The van der Waals surface area contributed by atoms with E-state index in [1.807, 2.05) is 13.8 Å². The number of anilines is 1. The van der Waals surface area contributed by atoms with Crippen molar-refractivity contribution < 1.29 is 14.3 Å². The minimum Gasteiger partial charge on any atom is -0.462 e. The van der Waals surface area contributed by atoms with Gasteiger partial charge in [-0.2, -0.15) is 0 Å². The van der Waals surface area contributed by atoms with Gasteiger partial charge in [0.05, 0.1) is 23.4 Å². The van der Waals surface area contributed by atoms with Crippen LogP contribution in [0.25, 0.3) is 0 Å². The van der Waals surface area contributed by atoms with Gasteiger partial charge < -0.3 is 10.1 Å². The van der Waals surface area contributed by atoms with Crippen molar-refractivity contribution in [2.24, 2.45) is 0 Å². The van der Waals surface area contributed by atoms with Crippen LogP contribution in [0.15, 0.2) is 23.7 Å². The number of nitrogens with one attached hydrogen (secondary N) is 1. The van der Waals surface area contributed by atoms with Crippen LogP contribution in [-0.4, -0.2) is 36.7 Å². The Bertz CT molecular complexity index is 772. The smallest absolute Gasteiger partial charge is 0.338 e. The second-order valence-corrected chi connectivity index (χ2v) is 6.57. The van der Waals surface area contributed by atoms with E-state index in [9.17, 15) is 9.59 Å². The molecule has 0 bridgehead atoms. The van der Waals surface area contributed by atoms with E-state index in [2.05, 4.69) is 10.3 Å². The number of rotatable bonds is 5. The second-order valence-electron chi connectivity index (χ2n) is 5.63. The van der Waals surface area contributed by atoms with E-state index in [1.165, 1.54) is 0 Å². The fraction of sp³-hybridized carbons (Fsp3) is 0.353. The number of aryl methyl sites for hydroxylation is 2. The van der Waals surface area contributed by atoms with E-state index >= 15 is 0 Å². The number of carbonyl (C=O) groups excluding carboxylic acids is 2. The molecule has 0 radical (unpaired) electrons. The molecule has 1 fully saturated rings. The van der Waals surface area contributed by atoms with Crippen LogP contribution >= 0.6 is 11.3 Å². The van der Waals surface area contributed by atoms with Crippen molar-refractivity contribution in [1.82, 2.24) is 10.3 Å². The van der Waals surface area contributed by atoms with Crippen molar-refractivity contribution in [3.05, 3.63) is 45.4 Å². The van der Waals surface area contributed by atoms with E-state index in [0.29, 0.717) is 31.7 Å². The molecule has 2 heterocycles. The fourth-order valence-electron chi connectivity index (χ4n) is 2.67. The van der Waals surface area contributed by atoms with Gasteiger partial charge in [-0.3, -0.25) is 4.90 Å². The first-order chi connectivity index (χ1) is 11.6. The maximum Gasteiger partial charge on any atom is 0.338 e. The number of hydrogen-bond acceptors (Lipinski definition) is 5. The topological polar surface area (TPSA) is 71.5 Å². The lowest BCUT2D eigenvalue weighted by Gasteiger charge is -2.17. The van der Waals surface area contributed by atoms with Gasteiger partial charge in [-0.1, -0.05) is 0 Å². The second kappa shape index (κ2) is 7.00. The average molecular weight is 345 g/mol. The molecule has 1 aromatic carbocycles. The van der Waals surface area contributed by atoms with Gasteiger partial charge in [0, 0.05) is 30.1 Å². The third-order valence-electron chi connectivity index (χ3n) is 3.99. The zero-order chi connectivity index (χ0) is 17.1. The molecule has 1 aliphatic rings. The predicted octanol–water partition coefficient (Wildman–Crippen LogP) is 2.69. The molecule has 1 aliphatic heterocycles. The van der Waals surface area contributed by atoms with Gasteiger partial charge in [-0.25, -0.2) is 14.6 Å².